The zero-order valence-corrected chi connectivity index (χ0v) is 21.8. The van der Waals surface area contributed by atoms with E-state index in [4.69, 9.17) is 0 Å². The highest BCUT2D eigenvalue weighted by Gasteiger charge is 2.23. The Morgan fingerprint density at radius 2 is 1.18 bits per heavy atom. The molecule has 0 aliphatic rings. The van der Waals surface area contributed by atoms with Crippen molar-refractivity contribution in [1.29, 1.82) is 0 Å². The minimum absolute atomic E-state index is 0.106. The number of hydrogen-bond donors (Lipinski definition) is 1. The third kappa shape index (κ3) is 2.83. The van der Waals surface area contributed by atoms with Gasteiger partial charge in [0.25, 0.3) is 0 Å². The molecule has 8 rings (SSSR count). The molecular formula is C36H28N2. The van der Waals surface area contributed by atoms with Crippen molar-refractivity contribution in [1.82, 2.24) is 9.55 Å². The quantitative estimate of drug-likeness (QED) is 0.237. The molecule has 2 aromatic heterocycles. The molecule has 0 spiro atoms. The van der Waals surface area contributed by atoms with Crippen molar-refractivity contribution < 1.29 is 0 Å². The molecule has 0 amide bonds. The van der Waals surface area contributed by atoms with Gasteiger partial charge in [-0.1, -0.05) is 112 Å². The number of rotatable bonds is 1. The average molecular weight is 489 g/mol. The van der Waals surface area contributed by atoms with Crippen LogP contribution in [-0.4, -0.2) is 9.55 Å². The highest BCUT2D eigenvalue weighted by atomic mass is 15.0. The summed E-state index contributed by atoms with van der Waals surface area (Å²) in [6, 6.07) is 40.2. The summed E-state index contributed by atoms with van der Waals surface area (Å²) in [6.45, 7) is 6.83. The first-order chi connectivity index (χ1) is 18.5. The van der Waals surface area contributed by atoms with Crippen LogP contribution in [0.5, 0.6) is 0 Å². The van der Waals surface area contributed by atoms with E-state index >= 15 is 0 Å². The van der Waals surface area contributed by atoms with E-state index in [9.17, 15) is 0 Å². The summed E-state index contributed by atoms with van der Waals surface area (Å²) in [5, 5.41) is 10.2. The number of benzene rings is 6. The second-order valence-electron chi connectivity index (χ2n) is 11.5. The fourth-order valence-electron chi connectivity index (χ4n) is 6.44. The normalized spacial score (nSPS) is 12.6. The first-order valence-corrected chi connectivity index (χ1v) is 13.4. The maximum absolute atomic E-state index is 3.78. The Morgan fingerprint density at radius 1 is 0.526 bits per heavy atom. The first kappa shape index (κ1) is 21.5. The molecule has 0 unspecified atom stereocenters. The zero-order chi connectivity index (χ0) is 25.6. The Morgan fingerprint density at radius 3 is 1.95 bits per heavy atom. The van der Waals surface area contributed by atoms with Crippen molar-refractivity contribution in [3.63, 3.8) is 0 Å². The molecule has 0 aliphatic carbocycles. The minimum Gasteiger partial charge on any atom is -0.354 e. The largest absolute Gasteiger partial charge is 0.354 e. The van der Waals surface area contributed by atoms with Crippen LogP contribution in [0.4, 0.5) is 0 Å². The molecule has 0 bridgehead atoms. The van der Waals surface area contributed by atoms with E-state index in [2.05, 4.69) is 140 Å². The number of aromatic amines is 1. The lowest BCUT2D eigenvalue weighted by atomic mass is 9.87. The molecule has 2 heteroatoms. The van der Waals surface area contributed by atoms with Crippen LogP contribution in [0, 0.1) is 0 Å². The van der Waals surface area contributed by atoms with Gasteiger partial charge in [-0.15, -0.1) is 0 Å². The third-order valence-corrected chi connectivity index (χ3v) is 8.25. The van der Waals surface area contributed by atoms with E-state index in [1.165, 1.54) is 76.4 Å². The topological polar surface area (TPSA) is 20.7 Å². The third-order valence-electron chi connectivity index (χ3n) is 8.25. The van der Waals surface area contributed by atoms with Crippen molar-refractivity contribution in [2.75, 3.05) is 0 Å². The zero-order valence-electron chi connectivity index (χ0n) is 21.8. The van der Waals surface area contributed by atoms with Gasteiger partial charge in [0, 0.05) is 48.9 Å². The van der Waals surface area contributed by atoms with Crippen molar-refractivity contribution in [3.8, 4) is 5.69 Å². The van der Waals surface area contributed by atoms with E-state index in [-0.39, 0.29) is 5.41 Å². The van der Waals surface area contributed by atoms with Crippen LogP contribution < -0.4 is 0 Å². The van der Waals surface area contributed by atoms with Gasteiger partial charge in [-0.25, -0.2) is 0 Å². The molecule has 0 saturated heterocycles. The first-order valence-electron chi connectivity index (χ1n) is 13.4. The van der Waals surface area contributed by atoms with Gasteiger partial charge >= 0.3 is 0 Å². The van der Waals surface area contributed by atoms with Crippen LogP contribution in [0.3, 0.4) is 0 Å². The molecular weight excluding hydrogens is 460 g/mol. The van der Waals surface area contributed by atoms with Crippen LogP contribution in [0.2, 0.25) is 0 Å². The number of hydrogen-bond acceptors (Lipinski definition) is 0. The maximum Gasteiger partial charge on any atom is 0.0627 e. The molecule has 8 aromatic rings. The van der Waals surface area contributed by atoms with Gasteiger partial charge in [-0.05, 0) is 34.6 Å². The summed E-state index contributed by atoms with van der Waals surface area (Å²) < 4.78 is 2.52. The molecule has 0 atom stereocenters. The highest BCUT2D eigenvalue weighted by Crippen LogP contribution is 2.46. The van der Waals surface area contributed by atoms with Crippen LogP contribution >= 0.6 is 0 Å². The fraction of sp³-hybridized carbons (Fsp3) is 0.111. The van der Waals surface area contributed by atoms with Crippen molar-refractivity contribution >= 4 is 65.2 Å². The molecule has 0 fully saturated rings. The van der Waals surface area contributed by atoms with Crippen molar-refractivity contribution in [2.45, 2.75) is 26.2 Å². The summed E-state index contributed by atoms with van der Waals surface area (Å²) in [5.74, 6) is 0. The van der Waals surface area contributed by atoms with E-state index in [1.54, 1.807) is 0 Å². The lowest BCUT2D eigenvalue weighted by Crippen LogP contribution is -2.10. The molecule has 0 radical (unpaired) electrons. The number of nitrogens with zero attached hydrogens (tertiary/aromatic N) is 1. The molecule has 0 saturated carbocycles. The van der Waals surface area contributed by atoms with Gasteiger partial charge in [0.2, 0.25) is 0 Å². The molecule has 38 heavy (non-hydrogen) atoms. The van der Waals surface area contributed by atoms with Gasteiger partial charge in [0.15, 0.2) is 0 Å². The summed E-state index contributed by atoms with van der Waals surface area (Å²) in [6.07, 6.45) is 0. The van der Waals surface area contributed by atoms with Gasteiger partial charge in [-0.3, -0.25) is 0 Å². The maximum atomic E-state index is 3.78. The smallest absolute Gasteiger partial charge is 0.0627 e. The van der Waals surface area contributed by atoms with Gasteiger partial charge in [0.05, 0.1) is 16.6 Å². The van der Waals surface area contributed by atoms with Crippen molar-refractivity contribution in [3.05, 3.63) is 115 Å². The summed E-state index contributed by atoms with van der Waals surface area (Å²) in [7, 11) is 0. The summed E-state index contributed by atoms with van der Waals surface area (Å²) in [4.78, 5) is 3.78. The number of aromatic nitrogens is 2. The Hall–Kier alpha value is -4.56. The standard InChI is InChI=1S/C36H28N2/c1-36(2,3)23-17-19-24(20-18-23)38-34-25-11-5-4-10-22(25)16-21-29(34)32-31-28-14-8-9-15-30(28)37-33(31)26-12-6-7-13-27(26)35(32)38/h4-21,37H,1-3H3. The average Bonchev–Trinajstić information content (AvgIpc) is 3.49. The van der Waals surface area contributed by atoms with Crippen molar-refractivity contribution in [2.24, 2.45) is 0 Å². The van der Waals surface area contributed by atoms with Gasteiger partial charge in [-0.2, -0.15) is 0 Å². The predicted octanol–water partition coefficient (Wildman–Crippen LogP) is 10.0. The minimum atomic E-state index is 0.106. The lowest BCUT2D eigenvalue weighted by molar-refractivity contribution is 0.590. The molecule has 2 nitrogen and oxygen atoms in total. The molecule has 1 N–H and O–H groups in total. The Kier molecular flexibility index (Phi) is 4.24. The lowest BCUT2D eigenvalue weighted by Gasteiger charge is -2.20. The Labute approximate surface area is 221 Å². The second kappa shape index (κ2) is 7.49. The van der Waals surface area contributed by atoms with Gasteiger partial charge < -0.3 is 9.55 Å². The highest BCUT2D eigenvalue weighted by molar-refractivity contribution is 6.38. The monoisotopic (exact) mass is 488 g/mol. The summed E-state index contributed by atoms with van der Waals surface area (Å²) in [5.41, 5.74) is 7.57. The SMILES string of the molecule is CC(C)(C)c1ccc(-n2c3c4ccccc4ccc3c3c4c5ccccc5[nH]c4c4ccccc4c32)cc1. The molecule has 2 heterocycles. The van der Waals surface area contributed by atoms with E-state index in [0.29, 0.717) is 0 Å². The summed E-state index contributed by atoms with van der Waals surface area (Å²) >= 11 is 0. The number of fused-ring (bicyclic) bond motifs is 12. The second-order valence-corrected chi connectivity index (χ2v) is 11.5. The van der Waals surface area contributed by atoms with E-state index in [0.717, 1.165) is 0 Å². The van der Waals surface area contributed by atoms with Gasteiger partial charge in [0.1, 0.15) is 0 Å². The molecule has 0 aliphatic heterocycles. The number of nitrogens with one attached hydrogen (secondary N) is 1. The fourth-order valence-corrected chi connectivity index (χ4v) is 6.44. The number of para-hydroxylation sites is 1. The van der Waals surface area contributed by atoms with E-state index in [1.807, 2.05) is 0 Å². The predicted molar refractivity (Wildman–Crippen MR) is 164 cm³/mol. The Balaban J connectivity index is 1.69. The van der Waals surface area contributed by atoms with Crippen LogP contribution in [-0.2, 0) is 5.41 Å². The van der Waals surface area contributed by atoms with Crippen LogP contribution in [0.15, 0.2) is 109 Å². The van der Waals surface area contributed by atoms with E-state index < -0.39 is 0 Å². The number of H-pyrrole nitrogens is 1. The molecule has 182 valence electrons. The van der Waals surface area contributed by atoms with Crippen LogP contribution in [0.25, 0.3) is 70.8 Å². The Bertz CT molecular complexity index is 2200. The molecule has 6 aromatic carbocycles. The van der Waals surface area contributed by atoms with Crippen LogP contribution in [0.1, 0.15) is 26.3 Å².